The maximum atomic E-state index is 13.0. The van der Waals surface area contributed by atoms with Gasteiger partial charge in [0.25, 0.3) is 0 Å². The lowest BCUT2D eigenvalue weighted by Gasteiger charge is -2.26. The van der Waals surface area contributed by atoms with Crippen LogP contribution in [-0.4, -0.2) is 30.3 Å². The number of fused-ring (bicyclic) bond motifs is 1. The summed E-state index contributed by atoms with van der Waals surface area (Å²) in [5.41, 5.74) is 9.05. The van der Waals surface area contributed by atoms with Crippen LogP contribution in [0, 0.1) is 6.92 Å². The van der Waals surface area contributed by atoms with E-state index in [1.54, 1.807) is 54.6 Å². The van der Waals surface area contributed by atoms with Gasteiger partial charge in [0.2, 0.25) is 5.91 Å². The third-order valence-electron chi connectivity index (χ3n) is 6.00. The molecule has 8 nitrogen and oxygen atoms in total. The normalized spacial score (nSPS) is 12.7. The van der Waals surface area contributed by atoms with E-state index in [0.29, 0.717) is 33.4 Å². The van der Waals surface area contributed by atoms with Crippen LogP contribution in [0.5, 0.6) is 5.75 Å². The Kier molecular flexibility index (Phi) is 8.25. The van der Waals surface area contributed by atoms with Crippen LogP contribution in [0.4, 0.5) is 21.9 Å². The molecule has 0 bridgehead atoms. The zero-order valence-electron chi connectivity index (χ0n) is 21.0. The number of rotatable bonds is 8. The maximum Gasteiger partial charge on any atom is 0.412 e. The Hall–Kier alpha value is -4.82. The Labute approximate surface area is 220 Å². The zero-order valence-corrected chi connectivity index (χ0v) is 21.0. The first-order valence-corrected chi connectivity index (χ1v) is 12.0. The Morgan fingerprint density at radius 2 is 1.58 bits per heavy atom. The van der Waals surface area contributed by atoms with E-state index in [0.717, 1.165) is 5.56 Å². The minimum Gasteiger partial charge on any atom is -0.507 e. The number of ether oxygens (including phenoxy) is 2. The first-order chi connectivity index (χ1) is 18.4. The van der Waals surface area contributed by atoms with E-state index in [1.807, 2.05) is 31.2 Å². The number of methoxy groups -OCH3 is 1. The van der Waals surface area contributed by atoms with Crippen LogP contribution in [0.2, 0.25) is 0 Å². The number of phenolic OH excluding ortho intramolecular Hbond substituents is 1. The van der Waals surface area contributed by atoms with Gasteiger partial charge in [-0.05, 0) is 48.7 Å². The predicted molar refractivity (Wildman–Crippen MR) is 149 cm³/mol. The molecule has 5 N–H and O–H groups in total. The summed E-state index contributed by atoms with van der Waals surface area (Å²) in [6.07, 6.45) is 0.317. The monoisotopic (exact) mass is 511 g/mol. The van der Waals surface area contributed by atoms with E-state index in [2.05, 4.69) is 10.6 Å². The molecular formula is C30H29N3O5. The van der Waals surface area contributed by atoms with Gasteiger partial charge in [0.15, 0.2) is 6.10 Å². The molecular weight excluding hydrogens is 482 g/mol. The van der Waals surface area contributed by atoms with Gasteiger partial charge in [-0.3, -0.25) is 10.1 Å². The standard InChI is InChI=1S/C30H29N3O5/c1-19-11-13-20(14-12-19)32-30(36)38-29(23-15-16-26(34)22-8-4-3-7-21(22)23)27(37-2)17-18-28(35)33-25-10-6-5-9-24(25)31/h3-18,27,29,34H,31H2,1-2H3,(H,32,36)(H,33,35)/b18-17+/t27-,29-/m1/s1. The average Bonchev–Trinajstić information content (AvgIpc) is 2.91. The molecule has 4 aromatic rings. The van der Waals surface area contributed by atoms with Gasteiger partial charge < -0.3 is 25.6 Å². The number of hydrogen-bond acceptors (Lipinski definition) is 6. The van der Waals surface area contributed by atoms with Crippen molar-refractivity contribution in [1.29, 1.82) is 0 Å². The molecule has 0 aromatic heterocycles. The van der Waals surface area contributed by atoms with Gasteiger partial charge in [0.1, 0.15) is 11.9 Å². The highest BCUT2D eigenvalue weighted by atomic mass is 16.6. The Balaban J connectivity index is 1.64. The van der Waals surface area contributed by atoms with Gasteiger partial charge in [-0.2, -0.15) is 0 Å². The number of carbonyl (C=O) groups excluding carboxylic acids is 2. The SMILES string of the molecule is CO[C@H](/C=C/C(=O)Nc1ccccc1N)[C@H](OC(=O)Nc1ccc(C)cc1)c1ccc(O)c2ccccc12. The number of hydrogen-bond donors (Lipinski definition) is 4. The van der Waals surface area contributed by atoms with Crippen molar-refractivity contribution in [2.24, 2.45) is 0 Å². The van der Waals surface area contributed by atoms with E-state index in [9.17, 15) is 14.7 Å². The molecule has 0 fully saturated rings. The summed E-state index contributed by atoms with van der Waals surface area (Å²) in [4.78, 5) is 25.6. The second-order valence-electron chi connectivity index (χ2n) is 8.67. The van der Waals surface area contributed by atoms with Crippen LogP contribution >= 0.6 is 0 Å². The van der Waals surface area contributed by atoms with Crippen molar-refractivity contribution in [3.63, 3.8) is 0 Å². The van der Waals surface area contributed by atoms with Crippen molar-refractivity contribution in [3.05, 3.63) is 108 Å². The third kappa shape index (κ3) is 6.29. The summed E-state index contributed by atoms with van der Waals surface area (Å²) in [5, 5.41) is 17.1. The molecule has 0 spiro atoms. The number of benzene rings is 4. The van der Waals surface area contributed by atoms with Crippen LogP contribution in [-0.2, 0) is 14.3 Å². The van der Waals surface area contributed by atoms with Crippen molar-refractivity contribution >= 4 is 39.8 Å². The van der Waals surface area contributed by atoms with Gasteiger partial charge in [-0.25, -0.2) is 4.79 Å². The lowest BCUT2D eigenvalue weighted by Crippen LogP contribution is -2.27. The molecule has 0 saturated heterocycles. The predicted octanol–water partition coefficient (Wildman–Crippen LogP) is 5.94. The molecule has 194 valence electrons. The number of phenols is 1. The van der Waals surface area contributed by atoms with Crippen LogP contribution < -0.4 is 16.4 Å². The first-order valence-electron chi connectivity index (χ1n) is 12.0. The topological polar surface area (TPSA) is 123 Å². The van der Waals surface area contributed by atoms with Crippen molar-refractivity contribution in [2.75, 3.05) is 23.5 Å². The largest absolute Gasteiger partial charge is 0.507 e. The number of nitrogens with two attached hydrogens (primary N) is 1. The van der Waals surface area contributed by atoms with Crippen LogP contribution in [0.3, 0.4) is 0 Å². The Morgan fingerprint density at radius 3 is 2.29 bits per heavy atom. The van der Waals surface area contributed by atoms with Crippen LogP contribution in [0.1, 0.15) is 17.2 Å². The molecule has 8 heteroatoms. The fourth-order valence-electron chi connectivity index (χ4n) is 4.03. The summed E-state index contributed by atoms with van der Waals surface area (Å²) in [6, 6.07) is 24.6. The average molecular weight is 512 g/mol. The molecule has 0 unspecified atom stereocenters. The fourth-order valence-corrected chi connectivity index (χ4v) is 4.03. The fraction of sp³-hybridized carbons (Fsp3) is 0.133. The molecule has 0 radical (unpaired) electrons. The van der Waals surface area contributed by atoms with E-state index in [4.69, 9.17) is 15.2 Å². The van der Waals surface area contributed by atoms with Crippen LogP contribution in [0.15, 0.2) is 97.1 Å². The summed E-state index contributed by atoms with van der Waals surface area (Å²) in [7, 11) is 1.46. The lowest BCUT2D eigenvalue weighted by molar-refractivity contribution is -0.112. The van der Waals surface area contributed by atoms with Crippen molar-refractivity contribution in [1.82, 2.24) is 0 Å². The molecule has 4 aromatic carbocycles. The molecule has 0 saturated carbocycles. The third-order valence-corrected chi connectivity index (χ3v) is 6.00. The smallest absolute Gasteiger partial charge is 0.412 e. The molecule has 0 heterocycles. The molecule has 2 atom stereocenters. The van der Waals surface area contributed by atoms with Gasteiger partial charge in [-0.1, -0.05) is 60.2 Å². The summed E-state index contributed by atoms with van der Waals surface area (Å²) in [5.74, 6) is -0.333. The molecule has 0 aliphatic carbocycles. The van der Waals surface area contributed by atoms with E-state index < -0.39 is 24.2 Å². The molecule has 0 aliphatic rings. The number of amides is 2. The summed E-state index contributed by atoms with van der Waals surface area (Å²) < 4.78 is 11.6. The van der Waals surface area contributed by atoms with Gasteiger partial charge in [-0.15, -0.1) is 0 Å². The quantitative estimate of drug-likeness (QED) is 0.172. The number of carbonyl (C=O) groups is 2. The van der Waals surface area contributed by atoms with Crippen LogP contribution in [0.25, 0.3) is 10.8 Å². The van der Waals surface area contributed by atoms with Gasteiger partial charge in [0, 0.05) is 29.8 Å². The van der Waals surface area contributed by atoms with E-state index in [-0.39, 0.29) is 5.75 Å². The number of aromatic hydroxyl groups is 1. The summed E-state index contributed by atoms with van der Waals surface area (Å²) in [6.45, 7) is 1.95. The minimum absolute atomic E-state index is 0.0940. The molecule has 2 amide bonds. The van der Waals surface area contributed by atoms with Crippen molar-refractivity contribution in [3.8, 4) is 5.75 Å². The molecule has 38 heavy (non-hydrogen) atoms. The number of aryl methyl sites for hydroxylation is 1. The minimum atomic E-state index is -0.957. The number of anilines is 3. The molecule has 0 aliphatic heterocycles. The van der Waals surface area contributed by atoms with Gasteiger partial charge >= 0.3 is 6.09 Å². The van der Waals surface area contributed by atoms with E-state index >= 15 is 0 Å². The molecule has 4 rings (SSSR count). The highest BCUT2D eigenvalue weighted by Gasteiger charge is 2.28. The van der Waals surface area contributed by atoms with Crippen molar-refractivity contribution in [2.45, 2.75) is 19.1 Å². The lowest BCUT2D eigenvalue weighted by atomic mass is 9.96. The first kappa shape index (κ1) is 26.2. The van der Waals surface area contributed by atoms with Crippen molar-refractivity contribution < 1.29 is 24.2 Å². The highest BCUT2D eigenvalue weighted by molar-refractivity contribution is 6.01. The van der Waals surface area contributed by atoms with E-state index in [1.165, 1.54) is 25.3 Å². The highest BCUT2D eigenvalue weighted by Crippen LogP contribution is 2.35. The van der Waals surface area contributed by atoms with Gasteiger partial charge in [0.05, 0.1) is 11.4 Å². The summed E-state index contributed by atoms with van der Waals surface area (Å²) >= 11 is 0. The number of nitrogen functional groups attached to an aromatic ring is 1. The maximum absolute atomic E-state index is 13.0. The second-order valence-corrected chi connectivity index (χ2v) is 8.67. The Morgan fingerprint density at radius 1 is 0.895 bits per heavy atom. The number of nitrogens with one attached hydrogen (secondary N) is 2. The Bertz CT molecular complexity index is 1470. The second kappa shape index (κ2) is 11.9. The number of para-hydroxylation sites is 2. The zero-order chi connectivity index (χ0) is 27.1.